The summed E-state index contributed by atoms with van der Waals surface area (Å²) in [5.41, 5.74) is 8.79. The van der Waals surface area contributed by atoms with Crippen LogP contribution in [0.4, 0.5) is 11.4 Å². The number of fused-ring (bicyclic) bond motifs is 1. The summed E-state index contributed by atoms with van der Waals surface area (Å²) in [6.07, 6.45) is 1.47. The highest BCUT2D eigenvalue weighted by Crippen LogP contribution is 2.31. The Labute approximate surface area is 108 Å². The van der Waals surface area contributed by atoms with E-state index in [4.69, 9.17) is 5.73 Å². The van der Waals surface area contributed by atoms with E-state index in [9.17, 15) is 4.79 Å². The number of benzene rings is 1. The number of nitrogens with zero attached hydrogens (tertiary/aromatic N) is 1. The molecule has 2 rings (SSSR count). The largest absolute Gasteiger partial charge is 0.388 e. The second-order valence-electron chi connectivity index (χ2n) is 4.96. The highest BCUT2D eigenvalue weighted by molar-refractivity contribution is 6.01. The first-order valence-corrected chi connectivity index (χ1v) is 6.46. The van der Waals surface area contributed by atoms with Crippen molar-refractivity contribution >= 4 is 17.3 Å². The zero-order valence-electron chi connectivity index (χ0n) is 11.1. The minimum Gasteiger partial charge on any atom is -0.388 e. The van der Waals surface area contributed by atoms with Gasteiger partial charge in [0.2, 0.25) is 5.91 Å². The lowest BCUT2D eigenvalue weighted by molar-refractivity contribution is -0.117. The molecule has 1 aliphatic heterocycles. The van der Waals surface area contributed by atoms with Gasteiger partial charge in [-0.2, -0.15) is 0 Å². The Morgan fingerprint density at radius 2 is 2.28 bits per heavy atom. The SMILES string of the molecule is CNc1ccc2c(c1)CC(=O)N2CC(C)CCN. The van der Waals surface area contributed by atoms with Gasteiger partial charge in [0.15, 0.2) is 0 Å². The average molecular weight is 247 g/mol. The van der Waals surface area contributed by atoms with Crippen molar-refractivity contribution in [1.29, 1.82) is 0 Å². The average Bonchev–Trinajstić information content (AvgIpc) is 2.65. The van der Waals surface area contributed by atoms with E-state index in [1.165, 1.54) is 0 Å². The van der Waals surface area contributed by atoms with Crippen LogP contribution in [0.25, 0.3) is 0 Å². The minimum absolute atomic E-state index is 0.196. The number of amides is 1. The van der Waals surface area contributed by atoms with Gasteiger partial charge in [0.1, 0.15) is 0 Å². The van der Waals surface area contributed by atoms with Gasteiger partial charge in [-0.15, -0.1) is 0 Å². The lowest BCUT2D eigenvalue weighted by atomic mass is 10.1. The van der Waals surface area contributed by atoms with Crippen molar-refractivity contribution in [3.05, 3.63) is 23.8 Å². The van der Waals surface area contributed by atoms with Crippen molar-refractivity contribution < 1.29 is 4.79 Å². The number of nitrogens with two attached hydrogens (primary N) is 1. The maximum Gasteiger partial charge on any atom is 0.231 e. The maximum absolute atomic E-state index is 12.0. The molecule has 0 radical (unpaired) electrons. The first-order valence-electron chi connectivity index (χ1n) is 6.46. The van der Waals surface area contributed by atoms with Crippen LogP contribution in [-0.2, 0) is 11.2 Å². The van der Waals surface area contributed by atoms with Crippen molar-refractivity contribution in [1.82, 2.24) is 0 Å². The molecule has 98 valence electrons. The standard InChI is InChI=1S/C14H21N3O/c1-10(5-6-15)9-17-13-4-3-12(16-2)7-11(13)8-14(17)18/h3-4,7,10,16H,5-6,8-9,15H2,1-2H3. The molecular weight excluding hydrogens is 226 g/mol. The van der Waals surface area contributed by atoms with Gasteiger partial charge in [-0.1, -0.05) is 6.92 Å². The second-order valence-corrected chi connectivity index (χ2v) is 4.96. The molecule has 0 saturated carbocycles. The van der Waals surface area contributed by atoms with Crippen LogP contribution < -0.4 is 16.0 Å². The molecule has 1 atom stereocenters. The van der Waals surface area contributed by atoms with Gasteiger partial charge in [-0.25, -0.2) is 0 Å². The molecular formula is C14H21N3O. The summed E-state index contributed by atoms with van der Waals surface area (Å²) in [5.74, 6) is 0.635. The molecule has 0 bridgehead atoms. The Hall–Kier alpha value is -1.55. The number of hydrogen-bond acceptors (Lipinski definition) is 3. The van der Waals surface area contributed by atoms with E-state index >= 15 is 0 Å². The van der Waals surface area contributed by atoms with Crippen molar-refractivity contribution in [3.8, 4) is 0 Å². The van der Waals surface area contributed by atoms with Crippen LogP contribution in [0.2, 0.25) is 0 Å². The summed E-state index contributed by atoms with van der Waals surface area (Å²) in [6, 6.07) is 6.10. The molecule has 4 heteroatoms. The Bertz CT molecular complexity index is 445. The molecule has 1 unspecified atom stereocenters. The lowest BCUT2D eigenvalue weighted by Gasteiger charge is -2.21. The van der Waals surface area contributed by atoms with Crippen LogP contribution in [0.5, 0.6) is 0 Å². The van der Waals surface area contributed by atoms with E-state index in [-0.39, 0.29) is 5.91 Å². The molecule has 0 spiro atoms. The Morgan fingerprint density at radius 3 is 2.94 bits per heavy atom. The highest BCUT2D eigenvalue weighted by atomic mass is 16.2. The molecule has 0 saturated heterocycles. The molecule has 4 nitrogen and oxygen atoms in total. The van der Waals surface area contributed by atoms with Crippen molar-refractivity contribution in [3.63, 3.8) is 0 Å². The summed E-state index contributed by atoms with van der Waals surface area (Å²) in [4.78, 5) is 13.9. The summed E-state index contributed by atoms with van der Waals surface area (Å²) in [6.45, 7) is 3.58. The molecule has 3 N–H and O–H groups in total. The fourth-order valence-electron chi connectivity index (χ4n) is 2.43. The van der Waals surface area contributed by atoms with Gasteiger partial charge in [0.05, 0.1) is 6.42 Å². The quantitative estimate of drug-likeness (QED) is 0.831. The molecule has 1 amide bonds. The predicted octanol–water partition coefficient (Wildman–Crippen LogP) is 1.60. The van der Waals surface area contributed by atoms with Gasteiger partial charge in [-0.3, -0.25) is 4.79 Å². The molecule has 1 aromatic rings. The maximum atomic E-state index is 12.0. The number of anilines is 2. The van der Waals surface area contributed by atoms with Crippen LogP contribution in [0.1, 0.15) is 18.9 Å². The lowest BCUT2D eigenvalue weighted by Crippen LogP contribution is -2.32. The first kappa shape index (κ1) is 12.9. The smallest absolute Gasteiger partial charge is 0.231 e. The Balaban J connectivity index is 2.17. The van der Waals surface area contributed by atoms with Crippen molar-refractivity contribution in [2.75, 3.05) is 30.4 Å². The van der Waals surface area contributed by atoms with Crippen LogP contribution in [0, 0.1) is 5.92 Å². The van der Waals surface area contributed by atoms with Gasteiger partial charge in [-0.05, 0) is 42.6 Å². The summed E-state index contributed by atoms with van der Waals surface area (Å²) in [7, 11) is 1.89. The Kier molecular flexibility index (Phi) is 3.87. The van der Waals surface area contributed by atoms with Crippen molar-refractivity contribution in [2.45, 2.75) is 19.8 Å². The minimum atomic E-state index is 0.196. The van der Waals surface area contributed by atoms with E-state index in [0.717, 1.165) is 29.9 Å². The number of nitrogens with one attached hydrogen (secondary N) is 1. The number of carbonyl (C=O) groups is 1. The van der Waals surface area contributed by atoms with Crippen LogP contribution in [-0.4, -0.2) is 26.0 Å². The topological polar surface area (TPSA) is 58.4 Å². The zero-order valence-corrected chi connectivity index (χ0v) is 11.1. The van der Waals surface area contributed by atoms with E-state index in [1.807, 2.05) is 24.1 Å². The number of hydrogen-bond donors (Lipinski definition) is 2. The van der Waals surface area contributed by atoms with Crippen LogP contribution >= 0.6 is 0 Å². The van der Waals surface area contributed by atoms with E-state index in [2.05, 4.69) is 18.3 Å². The summed E-state index contributed by atoms with van der Waals surface area (Å²) < 4.78 is 0. The van der Waals surface area contributed by atoms with E-state index in [0.29, 0.717) is 18.9 Å². The first-order chi connectivity index (χ1) is 8.65. The third-order valence-corrected chi connectivity index (χ3v) is 3.46. The molecule has 0 aromatic heterocycles. The third-order valence-electron chi connectivity index (χ3n) is 3.46. The monoisotopic (exact) mass is 247 g/mol. The second kappa shape index (κ2) is 5.40. The van der Waals surface area contributed by atoms with Crippen molar-refractivity contribution in [2.24, 2.45) is 11.7 Å². The number of carbonyl (C=O) groups excluding carboxylic acids is 1. The van der Waals surface area contributed by atoms with Gasteiger partial charge < -0.3 is 16.0 Å². The molecule has 18 heavy (non-hydrogen) atoms. The summed E-state index contributed by atoms with van der Waals surface area (Å²) >= 11 is 0. The normalized spacial score (nSPS) is 15.7. The molecule has 0 aliphatic carbocycles. The van der Waals surface area contributed by atoms with E-state index in [1.54, 1.807) is 0 Å². The van der Waals surface area contributed by atoms with Gasteiger partial charge in [0, 0.05) is 25.0 Å². The fourth-order valence-corrected chi connectivity index (χ4v) is 2.43. The third kappa shape index (κ3) is 2.48. The number of rotatable bonds is 5. The Morgan fingerprint density at radius 1 is 1.50 bits per heavy atom. The molecule has 1 aromatic carbocycles. The van der Waals surface area contributed by atoms with Gasteiger partial charge in [0.25, 0.3) is 0 Å². The predicted molar refractivity (Wildman–Crippen MR) is 74.9 cm³/mol. The highest BCUT2D eigenvalue weighted by Gasteiger charge is 2.28. The zero-order chi connectivity index (χ0) is 13.1. The molecule has 1 aliphatic rings. The molecule has 1 heterocycles. The van der Waals surface area contributed by atoms with Crippen LogP contribution in [0.15, 0.2) is 18.2 Å². The van der Waals surface area contributed by atoms with Crippen LogP contribution in [0.3, 0.4) is 0 Å². The van der Waals surface area contributed by atoms with E-state index < -0.39 is 0 Å². The van der Waals surface area contributed by atoms with Gasteiger partial charge >= 0.3 is 0 Å². The fraction of sp³-hybridized carbons (Fsp3) is 0.500. The molecule has 0 fully saturated rings. The summed E-state index contributed by atoms with van der Waals surface area (Å²) in [5, 5.41) is 3.10.